The molecule has 1 atom stereocenters. The van der Waals surface area contributed by atoms with Gasteiger partial charge in [0.05, 0.1) is 18.8 Å². The van der Waals surface area contributed by atoms with Crippen molar-refractivity contribution in [3.63, 3.8) is 0 Å². The zero-order valence-electron chi connectivity index (χ0n) is 10.8. The second-order valence-electron chi connectivity index (χ2n) is 4.14. The maximum absolute atomic E-state index is 13.3. The predicted octanol–water partition coefficient (Wildman–Crippen LogP) is 2.02. The first-order valence-electron chi connectivity index (χ1n) is 5.90. The van der Waals surface area contributed by atoms with E-state index in [4.69, 9.17) is 22.2 Å². The Labute approximate surface area is 120 Å². The zero-order chi connectivity index (χ0) is 14.5. The van der Waals surface area contributed by atoms with E-state index in [-0.39, 0.29) is 11.9 Å². The summed E-state index contributed by atoms with van der Waals surface area (Å²) in [7, 11) is 1.51. The van der Waals surface area contributed by atoms with Gasteiger partial charge in [-0.15, -0.1) is 0 Å². The third-order valence-corrected chi connectivity index (χ3v) is 3.23. The van der Waals surface area contributed by atoms with Crippen molar-refractivity contribution in [1.29, 1.82) is 0 Å². The van der Waals surface area contributed by atoms with E-state index in [1.807, 2.05) is 0 Å². The molecule has 2 rings (SSSR count). The van der Waals surface area contributed by atoms with Gasteiger partial charge in [0.25, 0.3) is 0 Å². The zero-order valence-corrected chi connectivity index (χ0v) is 11.6. The number of hydrogen-bond acceptors (Lipinski definition) is 5. The highest BCUT2D eigenvalue weighted by Crippen LogP contribution is 2.24. The molecule has 1 unspecified atom stereocenters. The maximum atomic E-state index is 13.3. The van der Waals surface area contributed by atoms with Gasteiger partial charge in [0.2, 0.25) is 5.88 Å². The number of ether oxygens (including phenoxy) is 1. The van der Waals surface area contributed by atoms with Crippen LogP contribution in [0.5, 0.6) is 5.88 Å². The molecule has 20 heavy (non-hydrogen) atoms. The van der Waals surface area contributed by atoms with Crippen LogP contribution in [0.2, 0.25) is 5.02 Å². The summed E-state index contributed by atoms with van der Waals surface area (Å²) in [4.78, 5) is 8.06. The van der Waals surface area contributed by atoms with Crippen LogP contribution in [0.25, 0.3) is 0 Å². The van der Waals surface area contributed by atoms with Gasteiger partial charge >= 0.3 is 0 Å². The normalized spacial score (nSPS) is 12.2. The Balaban J connectivity index is 2.26. The fourth-order valence-corrected chi connectivity index (χ4v) is 2.02. The molecule has 0 radical (unpaired) electrons. The van der Waals surface area contributed by atoms with Crippen molar-refractivity contribution in [3.05, 3.63) is 52.7 Å². The van der Waals surface area contributed by atoms with Crippen LogP contribution in [0.1, 0.15) is 17.3 Å². The molecule has 1 heterocycles. The van der Waals surface area contributed by atoms with Gasteiger partial charge in [-0.05, 0) is 30.2 Å². The quantitative estimate of drug-likeness (QED) is 0.652. The molecule has 0 spiro atoms. The van der Waals surface area contributed by atoms with Crippen LogP contribution >= 0.6 is 11.6 Å². The average Bonchev–Trinajstić information content (AvgIpc) is 2.48. The van der Waals surface area contributed by atoms with Gasteiger partial charge in [-0.2, -0.15) is 0 Å². The van der Waals surface area contributed by atoms with Crippen LogP contribution in [0.4, 0.5) is 4.39 Å². The second kappa shape index (κ2) is 6.60. The Morgan fingerprint density at radius 2 is 2.20 bits per heavy atom. The summed E-state index contributed by atoms with van der Waals surface area (Å²) in [6, 6.07) is 5.54. The van der Waals surface area contributed by atoms with Gasteiger partial charge < -0.3 is 4.74 Å². The fraction of sp³-hybridized carbons (Fsp3) is 0.231. The minimum Gasteiger partial charge on any atom is -0.481 e. The summed E-state index contributed by atoms with van der Waals surface area (Å²) in [5.74, 6) is 5.63. The molecule has 0 fully saturated rings. The van der Waals surface area contributed by atoms with Gasteiger partial charge in [-0.25, -0.2) is 14.4 Å². The number of nitrogens with zero attached hydrogens (tertiary/aromatic N) is 2. The molecule has 0 amide bonds. The van der Waals surface area contributed by atoms with E-state index in [9.17, 15) is 4.39 Å². The summed E-state index contributed by atoms with van der Waals surface area (Å²) in [5.41, 5.74) is 3.92. The lowest BCUT2D eigenvalue weighted by molar-refractivity contribution is 0.393. The third-order valence-electron chi connectivity index (χ3n) is 2.86. The number of nitrogens with two attached hydrogens (primary N) is 1. The van der Waals surface area contributed by atoms with E-state index in [0.29, 0.717) is 28.6 Å². The number of rotatable bonds is 5. The van der Waals surface area contributed by atoms with E-state index in [1.165, 1.54) is 31.6 Å². The van der Waals surface area contributed by atoms with E-state index in [1.54, 1.807) is 6.07 Å². The summed E-state index contributed by atoms with van der Waals surface area (Å²) >= 11 is 6.05. The molecule has 1 aromatic carbocycles. The highest BCUT2D eigenvalue weighted by Gasteiger charge is 2.15. The van der Waals surface area contributed by atoms with Crippen molar-refractivity contribution >= 4 is 11.6 Å². The molecule has 106 valence electrons. The SMILES string of the molecule is COc1cc(C(Cc2cc(F)ccc2Cl)NN)ncn1. The number of aromatic nitrogens is 2. The minimum atomic E-state index is -0.347. The Morgan fingerprint density at radius 3 is 2.90 bits per heavy atom. The number of methoxy groups -OCH3 is 1. The molecular formula is C13H14ClFN4O. The van der Waals surface area contributed by atoms with E-state index >= 15 is 0 Å². The van der Waals surface area contributed by atoms with Crippen molar-refractivity contribution in [3.8, 4) is 5.88 Å². The van der Waals surface area contributed by atoms with Crippen LogP contribution in [-0.4, -0.2) is 17.1 Å². The molecule has 0 aliphatic rings. The number of hydrogen-bond donors (Lipinski definition) is 2. The molecule has 0 aliphatic heterocycles. The third kappa shape index (κ3) is 3.41. The van der Waals surface area contributed by atoms with Gasteiger partial charge in [-0.3, -0.25) is 11.3 Å². The molecule has 0 saturated carbocycles. The molecule has 3 N–H and O–H groups in total. The van der Waals surface area contributed by atoms with Crippen molar-refractivity contribution < 1.29 is 9.13 Å². The van der Waals surface area contributed by atoms with Crippen LogP contribution in [0.3, 0.4) is 0 Å². The molecule has 0 saturated heterocycles. The van der Waals surface area contributed by atoms with Gasteiger partial charge in [0, 0.05) is 11.1 Å². The second-order valence-corrected chi connectivity index (χ2v) is 4.55. The Morgan fingerprint density at radius 1 is 1.40 bits per heavy atom. The standard InChI is InChI=1S/C13H14ClFN4O/c1-20-13-6-11(17-7-18-13)12(19-16)5-8-4-9(15)2-3-10(8)14/h2-4,6-7,12,19H,5,16H2,1H3. The van der Waals surface area contributed by atoms with Crippen molar-refractivity contribution in [2.24, 2.45) is 5.84 Å². The summed E-state index contributed by atoms with van der Waals surface area (Å²) in [6.45, 7) is 0. The minimum absolute atomic E-state index is 0.328. The number of nitrogens with one attached hydrogen (secondary N) is 1. The lowest BCUT2D eigenvalue weighted by Crippen LogP contribution is -2.30. The summed E-state index contributed by atoms with van der Waals surface area (Å²) in [6.07, 6.45) is 1.78. The van der Waals surface area contributed by atoms with Crippen molar-refractivity contribution in [1.82, 2.24) is 15.4 Å². The largest absolute Gasteiger partial charge is 0.481 e. The first-order valence-corrected chi connectivity index (χ1v) is 6.28. The van der Waals surface area contributed by atoms with Crippen LogP contribution in [0, 0.1) is 5.82 Å². The summed E-state index contributed by atoms with van der Waals surface area (Å²) < 4.78 is 18.3. The van der Waals surface area contributed by atoms with Crippen molar-refractivity contribution in [2.75, 3.05) is 7.11 Å². The fourth-order valence-electron chi connectivity index (χ4n) is 1.82. The Bertz CT molecular complexity index is 596. The van der Waals surface area contributed by atoms with E-state index < -0.39 is 0 Å². The molecule has 1 aromatic heterocycles. The lowest BCUT2D eigenvalue weighted by Gasteiger charge is -2.16. The smallest absolute Gasteiger partial charge is 0.216 e. The first-order chi connectivity index (χ1) is 9.63. The number of benzene rings is 1. The van der Waals surface area contributed by atoms with Crippen molar-refractivity contribution in [2.45, 2.75) is 12.5 Å². The Hall–Kier alpha value is -1.76. The lowest BCUT2D eigenvalue weighted by atomic mass is 10.0. The van der Waals surface area contributed by atoms with E-state index in [2.05, 4.69) is 15.4 Å². The number of hydrazine groups is 1. The van der Waals surface area contributed by atoms with Crippen LogP contribution in [-0.2, 0) is 6.42 Å². The predicted molar refractivity (Wildman–Crippen MR) is 73.8 cm³/mol. The first kappa shape index (κ1) is 14.6. The average molecular weight is 297 g/mol. The van der Waals surface area contributed by atoms with Crippen LogP contribution < -0.4 is 16.0 Å². The van der Waals surface area contributed by atoms with Crippen LogP contribution in [0.15, 0.2) is 30.6 Å². The van der Waals surface area contributed by atoms with Gasteiger partial charge in [0.15, 0.2) is 0 Å². The number of halogens is 2. The summed E-state index contributed by atoms with van der Waals surface area (Å²) in [5, 5.41) is 0.479. The Kier molecular flexibility index (Phi) is 4.84. The molecule has 2 aromatic rings. The molecular weight excluding hydrogens is 283 g/mol. The molecule has 5 nitrogen and oxygen atoms in total. The highest BCUT2D eigenvalue weighted by molar-refractivity contribution is 6.31. The topological polar surface area (TPSA) is 73.1 Å². The monoisotopic (exact) mass is 296 g/mol. The highest BCUT2D eigenvalue weighted by atomic mass is 35.5. The van der Waals surface area contributed by atoms with Gasteiger partial charge in [-0.1, -0.05) is 11.6 Å². The van der Waals surface area contributed by atoms with Gasteiger partial charge in [0.1, 0.15) is 12.1 Å². The molecule has 0 bridgehead atoms. The molecule has 7 heteroatoms. The maximum Gasteiger partial charge on any atom is 0.216 e. The molecule has 0 aliphatic carbocycles. The van der Waals surface area contributed by atoms with E-state index in [0.717, 1.165) is 0 Å².